The van der Waals surface area contributed by atoms with Crippen molar-refractivity contribution in [3.63, 3.8) is 0 Å². The van der Waals surface area contributed by atoms with E-state index in [0.29, 0.717) is 11.5 Å². The summed E-state index contributed by atoms with van der Waals surface area (Å²) in [5.41, 5.74) is 5.32. The summed E-state index contributed by atoms with van der Waals surface area (Å²) in [4.78, 5) is 22.6. The van der Waals surface area contributed by atoms with Crippen LogP contribution in [0.2, 0.25) is 0 Å². The Labute approximate surface area is 188 Å². The monoisotopic (exact) mass is 459 g/mol. The lowest BCUT2D eigenvalue weighted by atomic mass is 9.77. The third-order valence-electron chi connectivity index (χ3n) is 6.15. The van der Waals surface area contributed by atoms with Crippen molar-refractivity contribution in [1.29, 1.82) is 0 Å². The zero-order valence-electron chi connectivity index (χ0n) is 17.8. The third-order valence-corrected chi connectivity index (χ3v) is 6.15. The van der Waals surface area contributed by atoms with Crippen molar-refractivity contribution in [2.24, 2.45) is 10.7 Å². The van der Waals surface area contributed by atoms with Gasteiger partial charge in [-0.3, -0.25) is 9.79 Å². The first-order valence-corrected chi connectivity index (χ1v) is 10.6. The van der Waals surface area contributed by atoms with E-state index in [4.69, 9.17) is 5.73 Å². The molecular formula is C23H24F3N5O2. The highest BCUT2D eigenvalue weighted by Gasteiger charge is 2.37. The van der Waals surface area contributed by atoms with Crippen LogP contribution in [-0.4, -0.2) is 40.4 Å². The predicted octanol–water partition coefficient (Wildman–Crippen LogP) is 3.05. The van der Waals surface area contributed by atoms with Crippen LogP contribution in [0.5, 0.6) is 0 Å². The number of halogens is 3. The first kappa shape index (κ1) is 22.8. The van der Waals surface area contributed by atoms with Gasteiger partial charge < -0.3 is 21.1 Å². The van der Waals surface area contributed by atoms with Gasteiger partial charge in [0.05, 0.1) is 41.9 Å². The number of aliphatic imine (C=N–C) groups is 1. The molecule has 174 valence electrons. The number of aromatic nitrogens is 1. The summed E-state index contributed by atoms with van der Waals surface area (Å²) in [6.07, 6.45) is 4.81. The summed E-state index contributed by atoms with van der Waals surface area (Å²) in [5, 5.41) is 12.8. The fourth-order valence-electron chi connectivity index (χ4n) is 4.04. The van der Waals surface area contributed by atoms with Gasteiger partial charge in [0, 0.05) is 30.8 Å². The number of amides is 1. The highest BCUT2D eigenvalue weighted by atomic mass is 19.1. The molecule has 1 saturated heterocycles. The average Bonchev–Trinajstić information content (AvgIpc) is 2.77. The molecule has 0 atom stereocenters. The Balaban J connectivity index is 1.56. The number of nitrogens with zero attached hydrogens (tertiary/aromatic N) is 3. The maximum atomic E-state index is 14.6. The number of hydrogen-bond acceptors (Lipinski definition) is 6. The van der Waals surface area contributed by atoms with Crippen LogP contribution < -0.4 is 16.0 Å². The number of pyridine rings is 1. The molecule has 1 amide bonds. The van der Waals surface area contributed by atoms with E-state index in [2.05, 4.69) is 15.3 Å². The number of benzene rings is 1. The maximum absolute atomic E-state index is 14.6. The van der Waals surface area contributed by atoms with E-state index < -0.39 is 28.9 Å². The molecule has 2 fully saturated rings. The topological polar surface area (TPSA) is 104 Å². The molecule has 2 aromatic rings. The zero-order chi connectivity index (χ0) is 23.6. The summed E-state index contributed by atoms with van der Waals surface area (Å²) >= 11 is 0. The SMILES string of the molecule is N/C=C1/C(=O)N(c2cc(NC3(CO)CCC3)ncc2F)CCC1=NCc1c(F)cccc1F. The van der Waals surface area contributed by atoms with Crippen LogP contribution in [0.25, 0.3) is 0 Å². The van der Waals surface area contributed by atoms with Gasteiger partial charge in [0.2, 0.25) is 0 Å². The van der Waals surface area contributed by atoms with Crippen molar-refractivity contribution in [2.45, 2.75) is 37.8 Å². The molecule has 1 aliphatic carbocycles. The zero-order valence-corrected chi connectivity index (χ0v) is 17.8. The van der Waals surface area contributed by atoms with Crippen LogP contribution in [-0.2, 0) is 11.3 Å². The van der Waals surface area contributed by atoms with Crippen LogP contribution in [0.3, 0.4) is 0 Å². The van der Waals surface area contributed by atoms with Crippen LogP contribution in [0.4, 0.5) is 24.7 Å². The summed E-state index contributed by atoms with van der Waals surface area (Å²) in [6.45, 7) is -0.272. The highest BCUT2D eigenvalue weighted by Crippen LogP contribution is 2.36. The van der Waals surface area contributed by atoms with Gasteiger partial charge in [0.15, 0.2) is 5.82 Å². The molecule has 4 rings (SSSR count). The van der Waals surface area contributed by atoms with E-state index >= 15 is 0 Å². The average molecular weight is 459 g/mol. The van der Waals surface area contributed by atoms with Crippen molar-refractivity contribution in [1.82, 2.24) is 4.98 Å². The first-order chi connectivity index (χ1) is 15.9. The summed E-state index contributed by atoms with van der Waals surface area (Å²) in [7, 11) is 0. The number of aliphatic hydroxyl groups excluding tert-OH is 1. The van der Waals surface area contributed by atoms with E-state index in [1.165, 1.54) is 17.0 Å². The van der Waals surface area contributed by atoms with Gasteiger partial charge in [-0.25, -0.2) is 18.2 Å². The lowest BCUT2D eigenvalue weighted by Gasteiger charge is -2.41. The van der Waals surface area contributed by atoms with Crippen LogP contribution >= 0.6 is 0 Å². The first-order valence-electron chi connectivity index (χ1n) is 10.6. The van der Waals surface area contributed by atoms with Crippen LogP contribution in [0.15, 0.2) is 47.2 Å². The molecule has 2 aliphatic rings. The van der Waals surface area contributed by atoms with Gasteiger partial charge in [-0.2, -0.15) is 0 Å². The van der Waals surface area contributed by atoms with Gasteiger partial charge in [0.25, 0.3) is 5.91 Å². The van der Waals surface area contributed by atoms with Crippen molar-refractivity contribution < 1.29 is 23.1 Å². The summed E-state index contributed by atoms with van der Waals surface area (Å²) in [5.74, 6) is -2.38. The number of carbonyl (C=O) groups excluding carboxylic acids is 1. The largest absolute Gasteiger partial charge is 0.404 e. The van der Waals surface area contributed by atoms with Gasteiger partial charge in [0.1, 0.15) is 17.5 Å². The fourth-order valence-corrected chi connectivity index (χ4v) is 4.04. The second-order valence-corrected chi connectivity index (χ2v) is 8.19. The number of hydrogen-bond donors (Lipinski definition) is 3. The molecule has 0 unspecified atom stereocenters. The van der Waals surface area contributed by atoms with E-state index in [0.717, 1.165) is 43.8 Å². The third kappa shape index (κ3) is 4.43. The maximum Gasteiger partial charge on any atom is 0.261 e. The summed E-state index contributed by atoms with van der Waals surface area (Å²) in [6, 6.07) is 4.95. The number of anilines is 2. The molecule has 0 bridgehead atoms. The Hall–Kier alpha value is -3.40. The Morgan fingerprint density at radius 1 is 1.24 bits per heavy atom. The number of carbonyl (C=O) groups is 1. The lowest BCUT2D eigenvalue weighted by molar-refractivity contribution is -0.114. The standard InChI is InChI=1S/C23H24F3N5O2/c24-16-3-1-4-17(25)15(16)11-28-19-5-8-31(22(33)14(19)10-27)20-9-21(29-12-18(20)26)30-23(13-32)6-2-7-23/h1,3-4,9-10,12,32H,2,5-8,11,13,27H2,(H,29,30)/b14-10+,28-19?. The van der Waals surface area contributed by atoms with E-state index in [1.54, 1.807) is 0 Å². The quantitative estimate of drug-likeness (QED) is 0.576. The van der Waals surface area contributed by atoms with Gasteiger partial charge in [-0.05, 0) is 31.4 Å². The number of nitrogens with two attached hydrogens (primary N) is 1. The van der Waals surface area contributed by atoms with Crippen molar-refractivity contribution in [3.05, 3.63) is 65.3 Å². The number of nitrogens with one attached hydrogen (secondary N) is 1. The normalized spacial score (nSPS) is 20.2. The fraction of sp³-hybridized carbons (Fsp3) is 0.348. The molecule has 2 heterocycles. The molecule has 0 spiro atoms. The molecule has 33 heavy (non-hydrogen) atoms. The molecule has 10 heteroatoms. The lowest BCUT2D eigenvalue weighted by Crippen LogP contribution is -2.48. The van der Waals surface area contributed by atoms with Crippen LogP contribution in [0, 0.1) is 17.5 Å². The van der Waals surface area contributed by atoms with Crippen LogP contribution in [0.1, 0.15) is 31.2 Å². The van der Waals surface area contributed by atoms with E-state index in [1.807, 2.05) is 0 Å². The minimum absolute atomic E-state index is 0.0171. The number of piperidine rings is 1. The van der Waals surface area contributed by atoms with Crippen molar-refractivity contribution in [3.8, 4) is 0 Å². The van der Waals surface area contributed by atoms with Gasteiger partial charge in [-0.1, -0.05) is 6.07 Å². The Morgan fingerprint density at radius 2 is 1.97 bits per heavy atom. The molecule has 1 aliphatic heterocycles. The Bertz CT molecular complexity index is 1110. The minimum atomic E-state index is -0.729. The minimum Gasteiger partial charge on any atom is -0.404 e. The Kier molecular flexibility index (Phi) is 6.37. The number of rotatable bonds is 6. The second-order valence-electron chi connectivity index (χ2n) is 8.19. The van der Waals surface area contributed by atoms with Crippen molar-refractivity contribution in [2.75, 3.05) is 23.4 Å². The molecule has 1 aromatic heterocycles. The Morgan fingerprint density at radius 3 is 2.58 bits per heavy atom. The molecule has 1 saturated carbocycles. The summed E-state index contributed by atoms with van der Waals surface area (Å²) < 4.78 is 42.4. The molecule has 0 radical (unpaired) electrons. The predicted molar refractivity (Wildman–Crippen MR) is 118 cm³/mol. The molecule has 4 N–H and O–H groups in total. The highest BCUT2D eigenvalue weighted by molar-refractivity contribution is 6.28. The number of aliphatic hydroxyl groups is 1. The second kappa shape index (κ2) is 9.22. The van der Waals surface area contributed by atoms with Crippen molar-refractivity contribution >= 4 is 23.1 Å². The van der Waals surface area contributed by atoms with Gasteiger partial charge >= 0.3 is 0 Å². The van der Waals surface area contributed by atoms with Gasteiger partial charge in [-0.15, -0.1) is 0 Å². The van der Waals surface area contributed by atoms with E-state index in [9.17, 15) is 23.1 Å². The molecule has 1 aromatic carbocycles. The molecular weight excluding hydrogens is 435 g/mol. The van der Waals surface area contributed by atoms with E-state index in [-0.39, 0.29) is 42.9 Å². The molecule has 7 nitrogen and oxygen atoms in total. The smallest absolute Gasteiger partial charge is 0.261 e.